The highest BCUT2D eigenvalue weighted by Gasteiger charge is 2.22. The maximum absolute atomic E-state index is 11.3. The monoisotopic (exact) mass is 291 g/mol. The van der Waals surface area contributed by atoms with Crippen molar-refractivity contribution in [2.45, 2.75) is 0 Å². The molecule has 1 aromatic carbocycles. The SMILES string of the molecule is O=C1C(Cl)=Nc2ccc(I)cc21. The second-order valence-corrected chi connectivity index (χ2v) is 4.00. The van der Waals surface area contributed by atoms with Crippen molar-refractivity contribution in [3.05, 3.63) is 27.3 Å². The number of carbonyl (C=O) groups is 1. The molecule has 0 atom stereocenters. The van der Waals surface area contributed by atoms with Crippen LogP contribution in [0.2, 0.25) is 0 Å². The maximum Gasteiger partial charge on any atom is 0.225 e. The van der Waals surface area contributed by atoms with Crippen molar-refractivity contribution in [2.75, 3.05) is 0 Å². The van der Waals surface area contributed by atoms with E-state index in [0.717, 1.165) is 3.57 Å². The van der Waals surface area contributed by atoms with Crippen LogP contribution >= 0.6 is 34.2 Å². The largest absolute Gasteiger partial charge is 0.286 e. The van der Waals surface area contributed by atoms with Gasteiger partial charge in [0.1, 0.15) is 0 Å². The number of halogens is 2. The van der Waals surface area contributed by atoms with Crippen molar-refractivity contribution in [3.8, 4) is 0 Å². The Kier molecular flexibility index (Phi) is 1.92. The summed E-state index contributed by atoms with van der Waals surface area (Å²) >= 11 is 7.72. The molecule has 1 aliphatic heterocycles. The van der Waals surface area contributed by atoms with E-state index in [0.29, 0.717) is 11.3 Å². The number of hydrogen-bond acceptors (Lipinski definition) is 2. The van der Waals surface area contributed by atoms with E-state index in [1.165, 1.54) is 0 Å². The smallest absolute Gasteiger partial charge is 0.225 e. The molecule has 60 valence electrons. The summed E-state index contributed by atoms with van der Waals surface area (Å²) in [4.78, 5) is 15.2. The van der Waals surface area contributed by atoms with Gasteiger partial charge in [0.15, 0.2) is 5.17 Å². The quantitative estimate of drug-likeness (QED) is 0.676. The van der Waals surface area contributed by atoms with Gasteiger partial charge in [0.2, 0.25) is 5.78 Å². The first kappa shape index (κ1) is 8.19. The van der Waals surface area contributed by atoms with E-state index in [2.05, 4.69) is 27.6 Å². The van der Waals surface area contributed by atoms with Gasteiger partial charge in [0.05, 0.1) is 11.3 Å². The lowest BCUT2D eigenvalue weighted by Crippen LogP contribution is -2.01. The molecule has 4 heteroatoms. The number of fused-ring (bicyclic) bond motifs is 1. The van der Waals surface area contributed by atoms with E-state index in [1.54, 1.807) is 12.1 Å². The van der Waals surface area contributed by atoms with Gasteiger partial charge >= 0.3 is 0 Å². The van der Waals surface area contributed by atoms with Gasteiger partial charge in [-0.1, -0.05) is 11.6 Å². The van der Waals surface area contributed by atoms with Crippen LogP contribution in [-0.2, 0) is 0 Å². The third kappa shape index (κ3) is 1.17. The van der Waals surface area contributed by atoms with Crippen LogP contribution in [-0.4, -0.2) is 11.0 Å². The van der Waals surface area contributed by atoms with E-state index < -0.39 is 0 Å². The summed E-state index contributed by atoms with van der Waals surface area (Å²) in [6.45, 7) is 0. The minimum absolute atomic E-state index is 0.0620. The van der Waals surface area contributed by atoms with Gasteiger partial charge in [-0.2, -0.15) is 0 Å². The molecule has 1 aliphatic rings. The zero-order valence-electron chi connectivity index (χ0n) is 5.84. The van der Waals surface area contributed by atoms with Crippen LogP contribution < -0.4 is 0 Å². The number of aliphatic imine (C=N–C) groups is 1. The van der Waals surface area contributed by atoms with Crippen molar-refractivity contribution < 1.29 is 4.79 Å². The van der Waals surface area contributed by atoms with Crippen molar-refractivity contribution in [3.63, 3.8) is 0 Å². The number of nitrogens with zero attached hydrogens (tertiary/aromatic N) is 1. The topological polar surface area (TPSA) is 29.4 Å². The Hall–Kier alpha value is -0.420. The number of hydrogen-bond donors (Lipinski definition) is 0. The Bertz CT molecular complexity index is 400. The fraction of sp³-hybridized carbons (Fsp3) is 0. The molecule has 1 heterocycles. The van der Waals surface area contributed by atoms with Gasteiger partial charge in [-0.25, -0.2) is 4.99 Å². The van der Waals surface area contributed by atoms with Gasteiger partial charge in [-0.05, 0) is 40.8 Å². The van der Waals surface area contributed by atoms with Gasteiger partial charge in [-0.3, -0.25) is 4.79 Å². The van der Waals surface area contributed by atoms with Crippen molar-refractivity contribution >= 4 is 50.8 Å². The third-order valence-electron chi connectivity index (χ3n) is 1.61. The average molecular weight is 291 g/mol. The van der Waals surface area contributed by atoms with Crippen LogP contribution in [0.25, 0.3) is 0 Å². The lowest BCUT2D eigenvalue weighted by molar-refractivity contribution is 0.107. The first-order valence-electron chi connectivity index (χ1n) is 3.27. The molecule has 0 fully saturated rings. The Morgan fingerprint density at radius 3 is 2.92 bits per heavy atom. The van der Waals surface area contributed by atoms with E-state index in [1.807, 2.05) is 6.07 Å². The molecular formula is C8H3ClINO. The molecule has 0 radical (unpaired) electrons. The molecule has 0 aliphatic carbocycles. The first-order valence-corrected chi connectivity index (χ1v) is 4.72. The molecule has 0 saturated heterocycles. The summed E-state index contributed by atoms with van der Waals surface area (Å²) in [5.74, 6) is -0.176. The van der Waals surface area contributed by atoms with Gasteiger partial charge in [0, 0.05) is 3.57 Å². The van der Waals surface area contributed by atoms with Crippen LogP contribution in [0.5, 0.6) is 0 Å². The molecule has 0 spiro atoms. The van der Waals surface area contributed by atoms with E-state index in [-0.39, 0.29) is 11.0 Å². The summed E-state index contributed by atoms with van der Waals surface area (Å²) in [6.07, 6.45) is 0. The first-order chi connectivity index (χ1) is 5.68. The molecule has 0 saturated carbocycles. The zero-order chi connectivity index (χ0) is 8.72. The molecular weight excluding hydrogens is 288 g/mol. The van der Waals surface area contributed by atoms with Crippen LogP contribution in [0.15, 0.2) is 23.2 Å². The minimum Gasteiger partial charge on any atom is -0.286 e. The van der Waals surface area contributed by atoms with Crippen LogP contribution in [0, 0.1) is 3.57 Å². The Labute approximate surface area is 87.8 Å². The Morgan fingerprint density at radius 1 is 1.42 bits per heavy atom. The lowest BCUT2D eigenvalue weighted by Gasteiger charge is -1.94. The summed E-state index contributed by atoms with van der Waals surface area (Å²) in [6, 6.07) is 5.48. The third-order valence-corrected chi connectivity index (χ3v) is 2.54. The summed E-state index contributed by atoms with van der Waals surface area (Å²) in [7, 11) is 0. The number of ketones is 1. The summed E-state index contributed by atoms with van der Waals surface area (Å²) in [5, 5.41) is 0.0620. The molecule has 1 aromatic rings. The molecule has 0 bridgehead atoms. The predicted molar refractivity (Wildman–Crippen MR) is 56.4 cm³/mol. The van der Waals surface area contributed by atoms with Gasteiger partial charge in [-0.15, -0.1) is 0 Å². The Balaban J connectivity index is 2.65. The highest BCUT2D eigenvalue weighted by atomic mass is 127. The zero-order valence-corrected chi connectivity index (χ0v) is 8.76. The van der Waals surface area contributed by atoms with E-state index in [4.69, 9.17) is 11.6 Å². The molecule has 0 aromatic heterocycles. The molecule has 0 unspecified atom stereocenters. The van der Waals surface area contributed by atoms with Crippen molar-refractivity contribution in [2.24, 2.45) is 4.99 Å². The number of Topliss-reactive ketones (excluding diaryl/α,β-unsaturated/α-hetero) is 1. The van der Waals surface area contributed by atoms with E-state index in [9.17, 15) is 4.79 Å². The standard InChI is InChI=1S/C8H3ClINO/c9-8-7(12)5-3-4(10)1-2-6(5)11-8/h1-3H. The number of rotatable bonds is 0. The van der Waals surface area contributed by atoms with Gasteiger partial charge < -0.3 is 0 Å². The average Bonchev–Trinajstić information content (AvgIpc) is 2.31. The number of benzene rings is 1. The minimum atomic E-state index is -0.176. The van der Waals surface area contributed by atoms with Crippen LogP contribution in [0.4, 0.5) is 5.69 Å². The molecule has 0 amide bonds. The predicted octanol–water partition coefficient (Wildman–Crippen LogP) is 2.76. The van der Waals surface area contributed by atoms with E-state index >= 15 is 0 Å². The van der Waals surface area contributed by atoms with Crippen LogP contribution in [0.1, 0.15) is 10.4 Å². The highest BCUT2D eigenvalue weighted by Crippen LogP contribution is 2.28. The van der Waals surface area contributed by atoms with Crippen molar-refractivity contribution in [1.82, 2.24) is 0 Å². The lowest BCUT2D eigenvalue weighted by atomic mass is 10.1. The molecule has 2 rings (SSSR count). The van der Waals surface area contributed by atoms with Crippen LogP contribution in [0.3, 0.4) is 0 Å². The molecule has 2 nitrogen and oxygen atoms in total. The Morgan fingerprint density at radius 2 is 2.17 bits per heavy atom. The molecule has 12 heavy (non-hydrogen) atoms. The maximum atomic E-state index is 11.3. The summed E-state index contributed by atoms with van der Waals surface area (Å²) in [5.41, 5.74) is 1.28. The molecule has 0 N–H and O–H groups in total. The fourth-order valence-electron chi connectivity index (χ4n) is 1.06. The number of carbonyl (C=O) groups excluding carboxylic acids is 1. The second kappa shape index (κ2) is 2.81. The fourth-order valence-corrected chi connectivity index (χ4v) is 1.74. The van der Waals surface area contributed by atoms with Gasteiger partial charge in [0.25, 0.3) is 0 Å². The summed E-state index contributed by atoms with van der Waals surface area (Å²) < 4.78 is 1.02. The highest BCUT2D eigenvalue weighted by molar-refractivity contribution is 14.1. The second-order valence-electron chi connectivity index (χ2n) is 2.39. The van der Waals surface area contributed by atoms with Crippen molar-refractivity contribution in [1.29, 1.82) is 0 Å². The normalized spacial score (nSPS) is 14.5.